The van der Waals surface area contributed by atoms with Gasteiger partial charge >= 0.3 is 0 Å². The molecule has 0 aliphatic heterocycles. The van der Waals surface area contributed by atoms with Crippen molar-refractivity contribution in [1.29, 1.82) is 0 Å². The number of anilines is 1. The second-order valence-corrected chi connectivity index (χ2v) is 4.71. The molecule has 0 saturated carbocycles. The van der Waals surface area contributed by atoms with Crippen molar-refractivity contribution in [3.8, 4) is 5.75 Å². The highest BCUT2D eigenvalue weighted by atomic mass is 19.1. The van der Waals surface area contributed by atoms with E-state index in [9.17, 15) is 9.18 Å². The highest BCUT2D eigenvalue weighted by molar-refractivity contribution is 5.99. The fraction of sp³-hybridized carbons (Fsp3) is 0.188. The van der Waals surface area contributed by atoms with E-state index in [1.807, 2.05) is 24.3 Å². The molecule has 0 radical (unpaired) electrons. The number of ether oxygens (including phenoxy) is 1. The molecule has 0 atom stereocenters. The Morgan fingerprint density at radius 1 is 1.29 bits per heavy atom. The van der Waals surface area contributed by atoms with Crippen molar-refractivity contribution in [3.63, 3.8) is 0 Å². The van der Waals surface area contributed by atoms with Crippen LogP contribution in [0, 0.1) is 5.82 Å². The third kappa shape index (κ3) is 3.31. The quantitative estimate of drug-likeness (QED) is 0.880. The third-order valence-electron chi connectivity index (χ3n) is 3.18. The van der Waals surface area contributed by atoms with E-state index in [0.29, 0.717) is 6.54 Å². The molecule has 0 bridgehead atoms. The molecule has 21 heavy (non-hydrogen) atoms. The monoisotopic (exact) mass is 288 g/mol. The fourth-order valence-corrected chi connectivity index (χ4v) is 2.05. The Balaban J connectivity index is 2.17. The maximum absolute atomic E-state index is 13.4. The van der Waals surface area contributed by atoms with Crippen molar-refractivity contribution in [2.45, 2.75) is 6.54 Å². The van der Waals surface area contributed by atoms with Crippen LogP contribution in [0.25, 0.3) is 0 Å². The number of hydrogen-bond donors (Lipinski definition) is 1. The molecule has 0 heterocycles. The van der Waals surface area contributed by atoms with Crippen LogP contribution in [0.2, 0.25) is 0 Å². The van der Waals surface area contributed by atoms with E-state index in [1.54, 1.807) is 14.2 Å². The van der Waals surface area contributed by atoms with Crippen LogP contribution in [0.4, 0.5) is 10.1 Å². The summed E-state index contributed by atoms with van der Waals surface area (Å²) in [6, 6.07) is 11.6. The fourth-order valence-electron chi connectivity index (χ4n) is 2.05. The molecule has 1 amide bonds. The van der Waals surface area contributed by atoms with Gasteiger partial charge in [-0.15, -0.1) is 0 Å². The van der Waals surface area contributed by atoms with Crippen molar-refractivity contribution < 1.29 is 13.9 Å². The normalized spacial score (nSPS) is 10.2. The lowest BCUT2D eigenvalue weighted by Gasteiger charge is -2.18. The molecule has 0 unspecified atom stereocenters. The first-order valence-corrected chi connectivity index (χ1v) is 6.45. The average molecular weight is 288 g/mol. The Bertz CT molecular complexity index is 658. The number of nitrogen functional groups attached to an aromatic ring is 1. The summed E-state index contributed by atoms with van der Waals surface area (Å²) in [4.78, 5) is 13.8. The van der Waals surface area contributed by atoms with E-state index < -0.39 is 5.82 Å². The van der Waals surface area contributed by atoms with Crippen molar-refractivity contribution in [3.05, 3.63) is 59.4 Å². The number of benzene rings is 2. The summed E-state index contributed by atoms with van der Waals surface area (Å²) in [6.07, 6.45) is 0. The zero-order valence-electron chi connectivity index (χ0n) is 12.0. The van der Waals surface area contributed by atoms with E-state index in [2.05, 4.69) is 0 Å². The standard InChI is InChI=1S/C16H17FN2O2/c1-19(10-11-5-3-6-12(9-11)21-2)16(20)13-7-4-8-14(17)15(13)18/h3-9H,10,18H2,1-2H3. The van der Waals surface area contributed by atoms with Gasteiger partial charge in [-0.25, -0.2) is 4.39 Å². The summed E-state index contributed by atoms with van der Waals surface area (Å²) >= 11 is 0. The topological polar surface area (TPSA) is 55.6 Å². The van der Waals surface area contributed by atoms with Crippen LogP contribution in [-0.4, -0.2) is 25.0 Å². The summed E-state index contributed by atoms with van der Waals surface area (Å²) < 4.78 is 18.6. The predicted molar refractivity (Wildman–Crippen MR) is 79.6 cm³/mol. The number of para-hydroxylation sites is 1. The first-order valence-electron chi connectivity index (χ1n) is 6.45. The first kappa shape index (κ1) is 14.8. The highest BCUT2D eigenvalue weighted by Gasteiger charge is 2.17. The zero-order chi connectivity index (χ0) is 15.4. The van der Waals surface area contributed by atoms with Crippen molar-refractivity contribution in [2.24, 2.45) is 0 Å². The van der Waals surface area contributed by atoms with Gasteiger partial charge in [-0.05, 0) is 29.8 Å². The maximum atomic E-state index is 13.4. The van der Waals surface area contributed by atoms with Gasteiger partial charge in [0.2, 0.25) is 0 Å². The molecule has 2 N–H and O–H groups in total. The summed E-state index contributed by atoms with van der Waals surface area (Å²) in [5.74, 6) is -0.191. The van der Waals surface area contributed by atoms with E-state index in [1.165, 1.54) is 23.1 Å². The van der Waals surface area contributed by atoms with Crippen molar-refractivity contribution in [2.75, 3.05) is 19.9 Å². The lowest BCUT2D eigenvalue weighted by atomic mass is 10.1. The summed E-state index contributed by atoms with van der Waals surface area (Å²) in [7, 11) is 3.23. The Labute approximate surface area is 122 Å². The van der Waals surface area contributed by atoms with Gasteiger partial charge in [0.05, 0.1) is 18.4 Å². The highest BCUT2D eigenvalue weighted by Crippen LogP contribution is 2.19. The first-order chi connectivity index (χ1) is 10.0. The van der Waals surface area contributed by atoms with E-state index >= 15 is 0 Å². The second-order valence-electron chi connectivity index (χ2n) is 4.71. The van der Waals surface area contributed by atoms with Crippen LogP contribution < -0.4 is 10.5 Å². The van der Waals surface area contributed by atoms with E-state index in [0.717, 1.165) is 11.3 Å². The minimum Gasteiger partial charge on any atom is -0.497 e. The van der Waals surface area contributed by atoms with Gasteiger partial charge in [0.1, 0.15) is 11.6 Å². The number of nitrogens with two attached hydrogens (primary N) is 1. The number of carbonyl (C=O) groups is 1. The number of amides is 1. The molecule has 0 fully saturated rings. The molecule has 4 nitrogen and oxygen atoms in total. The second kappa shape index (κ2) is 6.26. The molecule has 2 aromatic carbocycles. The predicted octanol–water partition coefficient (Wildman–Crippen LogP) is 2.69. The van der Waals surface area contributed by atoms with Crippen LogP contribution in [0.15, 0.2) is 42.5 Å². The van der Waals surface area contributed by atoms with Crippen molar-refractivity contribution in [1.82, 2.24) is 4.90 Å². The molecule has 2 aromatic rings. The largest absolute Gasteiger partial charge is 0.497 e. The molecule has 110 valence electrons. The van der Waals surface area contributed by atoms with Crippen LogP contribution in [-0.2, 0) is 6.54 Å². The van der Waals surface area contributed by atoms with Crippen LogP contribution in [0.5, 0.6) is 5.75 Å². The number of hydrogen-bond acceptors (Lipinski definition) is 3. The minimum atomic E-state index is -0.587. The lowest BCUT2D eigenvalue weighted by molar-refractivity contribution is 0.0785. The minimum absolute atomic E-state index is 0.125. The van der Waals surface area contributed by atoms with Gasteiger partial charge in [0.15, 0.2) is 0 Å². The smallest absolute Gasteiger partial charge is 0.256 e. The Morgan fingerprint density at radius 3 is 2.71 bits per heavy atom. The molecule has 2 rings (SSSR count). The van der Waals surface area contributed by atoms with Crippen LogP contribution in [0.1, 0.15) is 15.9 Å². The summed E-state index contributed by atoms with van der Waals surface area (Å²) in [5, 5.41) is 0. The summed E-state index contributed by atoms with van der Waals surface area (Å²) in [5.41, 5.74) is 6.58. The number of nitrogens with zero attached hydrogens (tertiary/aromatic N) is 1. The lowest BCUT2D eigenvalue weighted by Crippen LogP contribution is -2.27. The van der Waals surface area contributed by atoms with Gasteiger partial charge in [-0.2, -0.15) is 0 Å². The molecule has 0 spiro atoms. The van der Waals surface area contributed by atoms with Gasteiger partial charge in [0, 0.05) is 13.6 Å². The van der Waals surface area contributed by atoms with Crippen LogP contribution >= 0.6 is 0 Å². The summed E-state index contributed by atoms with van der Waals surface area (Å²) in [6.45, 7) is 0.381. The number of carbonyl (C=O) groups excluding carboxylic acids is 1. The number of halogens is 1. The third-order valence-corrected chi connectivity index (χ3v) is 3.18. The van der Waals surface area contributed by atoms with Crippen molar-refractivity contribution >= 4 is 11.6 Å². The SMILES string of the molecule is COc1cccc(CN(C)C(=O)c2cccc(F)c2N)c1. The van der Waals surface area contributed by atoms with Gasteiger partial charge in [-0.3, -0.25) is 4.79 Å². The van der Waals surface area contributed by atoms with E-state index in [4.69, 9.17) is 10.5 Å². The van der Waals surface area contributed by atoms with Gasteiger partial charge in [0.25, 0.3) is 5.91 Å². The zero-order valence-corrected chi connectivity index (χ0v) is 12.0. The maximum Gasteiger partial charge on any atom is 0.256 e. The molecule has 5 heteroatoms. The average Bonchev–Trinajstić information content (AvgIpc) is 2.49. The molecule has 0 aliphatic carbocycles. The molecule has 0 aromatic heterocycles. The molecule has 0 saturated heterocycles. The molecule has 0 aliphatic rings. The van der Waals surface area contributed by atoms with Gasteiger partial charge in [-0.1, -0.05) is 18.2 Å². The number of rotatable bonds is 4. The van der Waals surface area contributed by atoms with E-state index in [-0.39, 0.29) is 17.2 Å². The Morgan fingerprint density at radius 2 is 2.00 bits per heavy atom. The van der Waals surface area contributed by atoms with Gasteiger partial charge < -0.3 is 15.4 Å². The van der Waals surface area contributed by atoms with Crippen LogP contribution in [0.3, 0.4) is 0 Å². The Kier molecular flexibility index (Phi) is 4.42. The molecular weight excluding hydrogens is 271 g/mol. The Hall–Kier alpha value is -2.56. The molecular formula is C16H17FN2O2. The number of methoxy groups -OCH3 is 1.